The number of nitrogens with zero attached hydrogens (tertiary/aromatic N) is 1. The molecular formula is C13H26N2. The van der Waals surface area contributed by atoms with Crippen LogP contribution in [0.3, 0.4) is 0 Å². The van der Waals surface area contributed by atoms with Crippen LogP contribution in [0.2, 0.25) is 0 Å². The first kappa shape index (κ1) is 12.5. The highest BCUT2D eigenvalue weighted by Crippen LogP contribution is 2.25. The van der Waals surface area contributed by atoms with Gasteiger partial charge in [-0.1, -0.05) is 40.5 Å². The lowest BCUT2D eigenvalue weighted by molar-refractivity contribution is 0.239. The number of piperidine rings is 1. The van der Waals surface area contributed by atoms with Crippen molar-refractivity contribution in [2.75, 3.05) is 13.1 Å². The van der Waals surface area contributed by atoms with Crippen LogP contribution in [0.25, 0.3) is 0 Å². The molecule has 1 aliphatic rings. The fraction of sp³-hybridized carbons (Fsp3) is 0.923. The Kier molecular flexibility index (Phi) is 4.18. The van der Waals surface area contributed by atoms with Crippen LogP contribution in [-0.4, -0.2) is 23.8 Å². The summed E-state index contributed by atoms with van der Waals surface area (Å²) in [5, 5.41) is 8.13. The quantitative estimate of drug-likeness (QED) is 0.548. The molecule has 0 aromatic rings. The largest absolute Gasteiger partial charge is 0.360 e. The zero-order valence-electron chi connectivity index (χ0n) is 10.8. The molecule has 0 saturated carbocycles. The minimum absolute atomic E-state index is 0.0115. The van der Waals surface area contributed by atoms with Crippen LogP contribution < -0.4 is 0 Å². The van der Waals surface area contributed by atoms with Gasteiger partial charge in [-0.3, -0.25) is 5.41 Å². The Morgan fingerprint density at radius 1 is 1.27 bits per heavy atom. The first-order valence-corrected chi connectivity index (χ1v) is 6.29. The Balaban J connectivity index is 2.41. The topological polar surface area (TPSA) is 27.1 Å². The minimum atomic E-state index is 0.0115. The molecule has 15 heavy (non-hydrogen) atoms. The van der Waals surface area contributed by atoms with Crippen LogP contribution in [0.4, 0.5) is 0 Å². The van der Waals surface area contributed by atoms with Crippen molar-refractivity contribution in [2.24, 2.45) is 11.3 Å². The van der Waals surface area contributed by atoms with Gasteiger partial charge in [0.05, 0.1) is 0 Å². The molecule has 1 saturated heterocycles. The Morgan fingerprint density at radius 2 is 1.80 bits per heavy atom. The third-order valence-electron chi connectivity index (χ3n) is 3.34. The highest BCUT2D eigenvalue weighted by molar-refractivity contribution is 5.84. The highest BCUT2D eigenvalue weighted by atomic mass is 15.2. The molecule has 0 aromatic heterocycles. The van der Waals surface area contributed by atoms with Gasteiger partial charge in [-0.05, 0) is 18.8 Å². The maximum Gasteiger partial charge on any atom is 0.101 e. The second kappa shape index (κ2) is 5.00. The van der Waals surface area contributed by atoms with E-state index < -0.39 is 0 Å². The fourth-order valence-corrected chi connectivity index (χ4v) is 2.33. The van der Waals surface area contributed by atoms with Gasteiger partial charge < -0.3 is 4.90 Å². The zero-order valence-corrected chi connectivity index (χ0v) is 10.8. The van der Waals surface area contributed by atoms with Crippen molar-refractivity contribution >= 4 is 5.84 Å². The summed E-state index contributed by atoms with van der Waals surface area (Å²) in [4.78, 5) is 2.27. The lowest BCUT2D eigenvalue weighted by Gasteiger charge is -2.38. The maximum absolute atomic E-state index is 8.13. The standard InChI is InChI=1S/C13H26N2/c1-5-6-11-7-9-15(10-8-11)12(14)13(2,3)4/h11,14H,5-10H2,1-4H3. The molecule has 88 valence electrons. The predicted molar refractivity (Wildman–Crippen MR) is 66.4 cm³/mol. The summed E-state index contributed by atoms with van der Waals surface area (Å²) < 4.78 is 0. The molecule has 0 spiro atoms. The molecule has 1 fully saturated rings. The second-order valence-corrected chi connectivity index (χ2v) is 5.82. The number of amidine groups is 1. The van der Waals surface area contributed by atoms with Crippen LogP contribution in [-0.2, 0) is 0 Å². The van der Waals surface area contributed by atoms with Crippen LogP contribution in [0.15, 0.2) is 0 Å². The Bertz CT molecular complexity index is 207. The lowest BCUT2D eigenvalue weighted by Crippen LogP contribution is -2.43. The average molecular weight is 210 g/mol. The van der Waals surface area contributed by atoms with E-state index in [9.17, 15) is 0 Å². The van der Waals surface area contributed by atoms with Crippen molar-refractivity contribution in [2.45, 2.75) is 53.4 Å². The van der Waals surface area contributed by atoms with Gasteiger partial charge in [-0.2, -0.15) is 0 Å². The Morgan fingerprint density at radius 3 is 2.20 bits per heavy atom. The molecule has 0 aromatic carbocycles. The fourth-order valence-electron chi connectivity index (χ4n) is 2.33. The van der Waals surface area contributed by atoms with Crippen molar-refractivity contribution in [3.63, 3.8) is 0 Å². The molecule has 0 unspecified atom stereocenters. The van der Waals surface area contributed by atoms with Gasteiger partial charge in [0.15, 0.2) is 0 Å². The van der Waals surface area contributed by atoms with Crippen LogP contribution in [0.1, 0.15) is 53.4 Å². The predicted octanol–water partition coefficient (Wildman–Crippen LogP) is 3.52. The molecule has 1 N–H and O–H groups in total. The normalized spacial score (nSPS) is 19.3. The SMILES string of the molecule is CCCC1CCN(C(=N)C(C)(C)C)CC1. The molecule has 2 nitrogen and oxygen atoms in total. The molecule has 0 radical (unpaired) electrons. The smallest absolute Gasteiger partial charge is 0.101 e. The Hall–Kier alpha value is -0.530. The van der Waals surface area contributed by atoms with Gasteiger partial charge >= 0.3 is 0 Å². The van der Waals surface area contributed by atoms with Crippen molar-refractivity contribution in [3.8, 4) is 0 Å². The zero-order chi connectivity index (χ0) is 11.5. The molecular weight excluding hydrogens is 184 g/mol. The van der Waals surface area contributed by atoms with Crippen LogP contribution >= 0.6 is 0 Å². The van der Waals surface area contributed by atoms with E-state index in [1.807, 2.05) is 0 Å². The monoisotopic (exact) mass is 210 g/mol. The minimum Gasteiger partial charge on any atom is -0.360 e. The van der Waals surface area contributed by atoms with E-state index in [0.717, 1.165) is 24.8 Å². The molecule has 1 heterocycles. The van der Waals surface area contributed by atoms with Crippen LogP contribution in [0.5, 0.6) is 0 Å². The van der Waals surface area contributed by atoms with Gasteiger partial charge in [-0.25, -0.2) is 0 Å². The van der Waals surface area contributed by atoms with E-state index in [4.69, 9.17) is 5.41 Å². The van der Waals surface area contributed by atoms with E-state index in [-0.39, 0.29) is 5.41 Å². The molecule has 0 atom stereocenters. The van der Waals surface area contributed by atoms with Gasteiger partial charge in [0, 0.05) is 18.5 Å². The highest BCUT2D eigenvalue weighted by Gasteiger charge is 2.26. The summed E-state index contributed by atoms with van der Waals surface area (Å²) in [7, 11) is 0. The van der Waals surface area contributed by atoms with E-state index in [2.05, 4.69) is 32.6 Å². The third kappa shape index (κ3) is 3.51. The molecule has 0 bridgehead atoms. The summed E-state index contributed by atoms with van der Waals surface area (Å²) in [6.45, 7) is 10.9. The van der Waals surface area contributed by atoms with E-state index >= 15 is 0 Å². The number of nitrogens with one attached hydrogen (secondary N) is 1. The molecule has 0 aliphatic carbocycles. The lowest BCUT2D eigenvalue weighted by atomic mass is 9.89. The summed E-state index contributed by atoms with van der Waals surface area (Å²) in [5.41, 5.74) is 0.0115. The van der Waals surface area contributed by atoms with E-state index in [1.165, 1.54) is 25.7 Å². The van der Waals surface area contributed by atoms with Gasteiger partial charge in [0.25, 0.3) is 0 Å². The molecule has 2 heteroatoms. The summed E-state index contributed by atoms with van der Waals surface area (Å²) >= 11 is 0. The van der Waals surface area contributed by atoms with Crippen LogP contribution in [0, 0.1) is 16.7 Å². The number of hydrogen-bond acceptors (Lipinski definition) is 1. The molecule has 1 aliphatic heterocycles. The third-order valence-corrected chi connectivity index (χ3v) is 3.34. The van der Waals surface area contributed by atoms with Crippen molar-refractivity contribution in [1.82, 2.24) is 4.90 Å². The summed E-state index contributed by atoms with van der Waals surface area (Å²) in [6.07, 6.45) is 5.25. The average Bonchev–Trinajstić information content (AvgIpc) is 2.17. The van der Waals surface area contributed by atoms with Crippen molar-refractivity contribution in [1.29, 1.82) is 5.41 Å². The maximum atomic E-state index is 8.13. The molecule has 0 amide bonds. The van der Waals surface area contributed by atoms with Gasteiger partial charge in [0.1, 0.15) is 5.84 Å². The van der Waals surface area contributed by atoms with Gasteiger partial charge in [-0.15, -0.1) is 0 Å². The first-order chi connectivity index (χ1) is 6.95. The van der Waals surface area contributed by atoms with E-state index in [1.54, 1.807) is 0 Å². The van der Waals surface area contributed by atoms with Crippen molar-refractivity contribution in [3.05, 3.63) is 0 Å². The van der Waals surface area contributed by atoms with Gasteiger partial charge in [0.2, 0.25) is 0 Å². The number of hydrogen-bond donors (Lipinski definition) is 1. The first-order valence-electron chi connectivity index (χ1n) is 6.29. The van der Waals surface area contributed by atoms with Crippen molar-refractivity contribution < 1.29 is 0 Å². The summed E-state index contributed by atoms with van der Waals surface area (Å²) in [6, 6.07) is 0. The Labute approximate surface area is 94.6 Å². The molecule has 1 rings (SSSR count). The summed E-state index contributed by atoms with van der Waals surface area (Å²) in [5.74, 6) is 1.73. The second-order valence-electron chi connectivity index (χ2n) is 5.82. The number of rotatable bonds is 2. The van der Waals surface area contributed by atoms with E-state index in [0.29, 0.717) is 0 Å². The number of likely N-dealkylation sites (tertiary alicyclic amines) is 1.